The molecule has 0 amide bonds. The van der Waals surface area contributed by atoms with Crippen molar-refractivity contribution in [3.05, 3.63) is 108 Å². The molecule has 0 fully saturated rings. The zero-order valence-electron chi connectivity index (χ0n) is 16.5. The van der Waals surface area contributed by atoms with Crippen molar-refractivity contribution in [2.24, 2.45) is 0 Å². The third-order valence-electron chi connectivity index (χ3n) is 4.05. The van der Waals surface area contributed by atoms with Crippen molar-refractivity contribution in [3.63, 3.8) is 0 Å². The Hall–Kier alpha value is -1.65. The minimum Gasteiger partial charge on any atom is -1.00 e. The molecule has 130 valence electrons. The van der Waals surface area contributed by atoms with Crippen LogP contribution >= 0.6 is 0 Å². The Balaban J connectivity index is 0.00000243. The standard InChI is InChI=1S/C22H20O3.Ca.2H/c23-20(17-10-4-1-5-11-17)16-21(18-12-6-2-7-13-18)25-22(24)19-14-8-3-9-15-19;;;/h1-15,20-21,23H,16H2;;;/q;+2;2*-1. The van der Waals surface area contributed by atoms with Crippen LogP contribution in [0.2, 0.25) is 0 Å². The molecule has 0 aliphatic heterocycles. The van der Waals surface area contributed by atoms with E-state index in [4.69, 9.17) is 4.74 Å². The minimum atomic E-state index is -0.713. The molecular weight excluding hydrogens is 352 g/mol. The van der Waals surface area contributed by atoms with Crippen molar-refractivity contribution in [3.8, 4) is 0 Å². The summed E-state index contributed by atoms with van der Waals surface area (Å²) in [5.41, 5.74) is 2.17. The molecule has 0 spiro atoms. The third kappa shape index (κ3) is 5.68. The van der Waals surface area contributed by atoms with Crippen LogP contribution in [0.4, 0.5) is 0 Å². The van der Waals surface area contributed by atoms with Crippen LogP contribution in [0, 0.1) is 0 Å². The van der Waals surface area contributed by atoms with E-state index in [-0.39, 0.29) is 40.6 Å². The summed E-state index contributed by atoms with van der Waals surface area (Å²) in [6.45, 7) is 0. The molecule has 4 heteroatoms. The number of benzene rings is 3. The summed E-state index contributed by atoms with van der Waals surface area (Å²) >= 11 is 0. The first kappa shape index (κ1) is 20.7. The number of aliphatic hydroxyl groups excluding tert-OH is 1. The molecule has 3 nitrogen and oxygen atoms in total. The predicted octanol–water partition coefficient (Wildman–Crippen LogP) is 4.55. The number of aliphatic hydroxyl groups is 1. The second kappa shape index (κ2) is 10.5. The molecule has 2 unspecified atom stereocenters. The van der Waals surface area contributed by atoms with E-state index >= 15 is 0 Å². The number of hydrogen-bond acceptors (Lipinski definition) is 3. The molecule has 1 N–H and O–H groups in total. The second-order valence-corrected chi connectivity index (χ2v) is 5.83. The van der Waals surface area contributed by atoms with Crippen molar-refractivity contribution < 1.29 is 17.5 Å². The molecule has 0 aliphatic rings. The monoisotopic (exact) mass is 374 g/mol. The molecule has 3 aromatic carbocycles. The molecule has 0 saturated heterocycles. The molecule has 0 radical (unpaired) electrons. The van der Waals surface area contributed by atoms with Gasteiger partial charge in [0.15, 0.2) is 0 Å². The quantitative estimate of drug-likeness (QED) is 0.508. The molecule has 0 aliphatic carbocycles. The summed E-state index contributed by atoms with van der Waals surface area (Å²) in [5.74, 6) is -0.394. The molecule has 0 bridgehead atoms. The van der Waals surface area contributed by atoms with Crippen molar-refractivity contribution in [2.45, 2.75) is 18.6 Å². The van der Waals surface area contributed by atoms with E-state index in [9.17, 15) is 9.90 Å². The van der Waals surface area contributed by atoms with Gasteiger partial charge in [-0.15, -0.1) is 0 Å². The van der Waals surface area contributed by atoms with Crippen LogP contribution in [-0.2, 0) is 4.74 Å². The average molecular weight is 374 g/mol. The fourth-order valence-electron chi connectivity index (χ4n) is 2.71. The summed E-state index contributed by atoms with van der Waals surface area (Å²) in [6, 6.07) is 27.8. The van der Waals surface area contributed by atoms with Crippen molar-refractivity contribution in [1.29, 1.82) is 0 Å². The van der Waals surface area contributed by atoms with Gasteiger partial charge in [0.2, 0.25) is 0 Å². The Morgan fingerprint density at radius 1 is 0.808 bits per heavy atom. The molecule has 0 heterocycles. The van der Waals surface area contributed by atoms with Gasteiger partial charge < -0.3 is 12.7 Å². The molecule has 0 saturated carbocycles. The fourth-order valence-corrected chi connectivity index (χ4v) is 2.71. The molecule has 26 heavy (non-hydrogen) atoms. The number of carbonyl (C=O) groups is 1. The van der Waals surface area contributed by atoms with E-state index in [0.29, 0.717) is 12.0 Å². The van der Waals surface area contributed by atoms with Gasteiger partial charge in [-0.25, -0.2) is 4.79 Å². The van der Waals surface area contributed by atoms with Crippen LogP contribution < -0.4 is 0 Å². The van der Waals surface area contributed by atoms with Crippen LogP contribution in [-0.4, -0.2) is 48.8 Å². The maximum absolute atomic E-state index is 12.4. The summed E-state index contributed by atoms with van der Waals surface area (Å²) in [5, 5.41) is 10.5. The smallest absolute Gasteiger partial charge is 1.00 e. The largest absolute Gasteiger partial charge is 2.00 e. The number of esters is 1. The summed E-state index contributed by atoms with van der Waals surface area (Å²) in [4.78, 5) is 12.4. The van der Waals surface area contributed by atoms with Crippen LogP contribution in [0.3, 0.4) is 0 Å². The fraction of sp³-hybridized carbons (Fsp3) is 0.136. The van der Waals surface area contributed by atoms with Gasteiger partial charge in [0.1, 0.15) is 6.10 Å². The summed E-state index contributed by atoms with van der Waals surface area (Å²) in [7, 11) is 0. The number of rotatable bonds is 6. The van der Waals surface area contributed by atoms with Crippen LogP contribution in [0.15, 0.2) is 91.0 Å². The molecular formula is C22H22CaO3. The van der Waals surface area contributed by atoms with E-state index in [1.165, 1.54) is 0 Å². The first-order valence-electron chi connectivity index (χ1n) is 8.28. The second-order valence-electron chi connectivity index (χ2n) is 5.83. The molecule has 0 aromatic heterocycles. The van der Waals surface area contributed by atoms with Crippen molar-refractivity contribution in [1.82, 2.24) is 0 Å². The summed E-state index contributed by atoms with van der Waals surface area (Å²) in [6.07, 6.45) is -0.939. The minimum absolute atomic E-state index is 0. The Bertz CT molecular complexity index is 802. The van der Waals surface area contributed by atoms with Gasteiger partial charge >= 0.3 is 43.7 Å². The zero-order chi connectivity index (χ0) is 17.5. The molecule has 2 atom stereocenters. The van der Waals surface area contributed by atoms with Crippen LogP contribution in [0.25, 0.3) is 0 Å². The Kier molecular flexibility index (Phi) is 8.33. The van der Waals surface area contributed by atoms with E-state index in [0.717, 1.165) is 11.1 Å². The first-order valence-corrected chi connectivity index (χ1v) is 8.28. The predicted molar refractivity (Wildman–Crippen MR) is 105 cm³/mol. The van der Waals surface area contributed by atoms with Crippen LogP contribution in [0.5, 0.6) is 0 Å². The topological polar surface area (TPSA) is 46.5 Å². The van der Waals surface area contributed by atoms with Crippen molar-refractivity contribution >= 4 is 43.7 Å². The number of carbonyl (C=O) groups excluding carboxylic acids is 1. The zero-order valence-corrected chi connectivity index (χ0v) is 16.7. The van der Waals surface area contributed by atoms with Gasteiger partial charge in [0.25, 0.3) is 0 Å². The summed E-state index contributed by atoms with van der Waals surface area (Å²) < 4.78 is 5.72. The van der Waals surface area contributed by atoms with Gasteiger partial charge in [-0.1, -0.05) is 78.9 Å². The van der Waals surface area contributed by atoms with Crippen LogP contribution in [0.1, 0.15) is 43.0 Å². The Morgan fingerprint density at radius 3 is 1.81 bits per heavy atom. The van der Waals surface area contributed by atoms with Gasteiger partial charge in [0.05, 0.1) is 11.7 Å². The SMILES string of the molecule is O=C(OC(CC(O)c1ccccc1)c1ccccc1)c1ccccc1.[Ca+2].[H-].[H-]. The first-order chi connectivity index (χ1) is 12.2. The van der Waals surface area contributed by atoms with Gasteiger partial charge in [-0.05, 0) is 23.3 Å². The normalized spacial score (nSPS) is 12.5. The van der Waals surface area contributed by atoms with Gasteiger partial charge in [-0.2, -0.15) is 0 Å². The van der Waals surface area contributed by atoms with Crippen molar-refractivity contribution in [2.75, 3.05) is 0 Å². The Morgan fingerprint density at radius 2 is 1.27 bits per heavy atom. The maximum atomic E-state index is 12.4. The molecule has 3 aromatic rings. The van der Waals surface area contributed by atoms with E-state index in [1.807, 2.05) is 66.7 Å². The number of hydrogen-bond donors (Lipinski definition) is 1. The van der Waals surface area contributed by atoms with E-state index in [2.05, 4.69) is 0 Å². The third-order valence-corrected chi connectivity index (χ3v) is 4.05. The van der Waals surface area contributed by atoms with E-state index in [1.54, 1.807) is 24.3 Å². The molecule has 3 rings (SSSR count). The maximum Gasteiger partial charge on any atom is 2.00 e. The Labute approximate surface area is 186 Å². The average Bonchev–Trinajstić information content (AvgIpc) is 2.69. The van der Waals surface area contributed by atoms with E-state index < -0.39 is 18.2 Å². The number of ether oxygens (including phenoxy) is 1. The van der Waals surface area contributed by atoms with Gasteiger partial charge in [-0.3, -0.25) is 0 Å². The van der Waals surface area contributed by atoms with Gasteiger partial charge in [0, 0.05) is 6.42 Å².